The van der Waals surface area contributed by atoms with Gasteiger partial charge in [-0.15, -0.1) is 0 Å². The fourth-order valence-electron chi connectivity index (χ4n) is 5.24. The van der Waals surface area contributed by atoms with Crippen LogP contribution >= 0.6 is 0 Å². The Morgan fingerprint density at radius 3 is 1.33 bits per heavy atom. The number of unbranched alkanes of at least 4 members (excludes halogenated alkanes) is 22. The van der Waals surface area contributed by atoms with Gasteiger partial charge in [-0.1, -0.05) is 154 Å². The van der Waals surface area contributed by atoms with E-state index in [1.54, 1.807) is 0 Å². The van der Waals surface area contributed by atoms with Gasteiger partial charge in [0.25, 0.3) is 0 Å². The van der Waals surface area contributed by atoms with Gasteiger partial charge in [-0.05, 0) is 38.5 Å². The number of carbonyl (C=O) groups is 2. The van der Waals surface area contributed by atoms with Crippen LogP contribution in [0.15, 0.2) is 12.2 Å². The van der Waals surface area contributed by atoms with Gasteiger partial charge in [0.15, 0.2) is 0 Å². The van der Waals surface area contributed by atoms with Crippen LogP contribution in [0.3, 0.4) is 0 Å². The Morgan fingerprint density at radius 2 is 0.949 bits per heavy atom. The standard InChI is InChI=1S/C35H66O4/c1-3-5-6-7-8-9-10-11-12-13-14-15-16-17-18-19-20-21-22-23-24-25-26-27-28-29-30-33(32-34(36)37)35(38)39-31-4-2/h19-20,33H,3-18,21-32H2,1-2H3,(H,36,37)/b20-19+. The number of hydrogen-bond donors (Lipinski definition) is 1. The van der Waals surface area contributed by atoms with Crippen LogP contribution in [0.25, 0.3) is 0 Å². The van der Waals surface area contributed by atoms with Gasteiger partial charge < -0.3 is 9.84 Å². The van der Waals surface area contributed by atoms with Crippen molar-refractivity contribution in [1.29, 1.82) is 0 Å². The minimum Gasteiger partial charge on any atom is -0.481 e. The molecule has 0 aliphatic carbocycles. The molecule has 0 aliphatic rings. The molecule has 0 rings (SSSR count). The number of carboxylic acid groups (broad SMARTS) is 1. The van der Waals surface area contributed by atoms with Crippen molar-refractivity contribution < 1.29 is 19.4 Å². The molecule has 0 saturated heterocycles. The van der Waals surface area contributed by atoms with Crippen LogP contribution in [0.4, 0.5) is 0 Å². The van der Waals surface area contributed by atoms with E-state index in [0.29, 0.717) is 13.0 Å². The predicted octanol–water partition coefficient (Wildman–Crippen LogP) is 11.4. The van der Waals surface area contributed by atoms with Crippen LogP contribution < -0.4 is 0 Å². The first-order valence-corrected chi connectivity index (χ1v) is 17.1. The minimum absolute atomic E-state index is 0.115. The number of hydrogen-bond acceptors (Lipinski definition) is 3. The lowest BCUT2D eigenvalue weighted by Crippen LogP contribution is -2.21. The zero-order valence-corrected chi connectivity index (χ0v) is 26.2. The van der Waals surface area contributed by atoms with E-state index in [4.69, 9.17) is 9.84 Å². The lowest BCUT2D eigenvalue weighted by molar-refractivity contribution is -0.153. The van der Waals surface area contributed by atoms with Crippen molar-refractivity contribution in [3.8, 4) is 0 Å². The molecular formula is C35H66O4. The lowest BCUT2D eigenvalue weighted by Gasteiger charge is -2.13. The van der Waals surface area contributed by atoms with Gasteiger partial charge in [0.1, 0.15) is 0 Å². The van der Waals surface area contributed by atoms with Crippen molar-refractivity contribution in [2.24, 2.45) is 5.92 Å². The van der Waals surface area contributed by atoms with E-state index < -0.39 is 11.9 Å². The average molecular weight is 551 g/mol. The molecule has 0 radical (unpaired) electrons. The molecule has 0 spiro atoms. The summed E-state index contributed by atoms with van der Waals surface area (Å²) >= 11 is 0. The van der Waals surface area contributed by atoms with E-state index >= 15 is 0 Å². The largest absolute Gasteiger partial charge is 0.481 e. The highest BCUT2D eigenvalue weighted by molar-refractivity contribution is 5.79. The molecule has 1 N–H and O–H groups in total. The summed E-state index contributed by atoms with van der Waals surface area (Å²) in [6.07, 6.45) is 38.1. The summed E-state index contributed by atoms with van der Waals surface area (Å²) in [6, 6.07) is 0. The van der Waals surface area contributed by atoms with Gasteiger partial charge in [-0.2, -0.15) is 0 Å². The Labute approximate surface area is 243 Å². The molecule has 0 aliphatic heterocycles. The van der Waals surface area contributed by atoms with Gasteiger partial charge >= 0.3 is 11.9 Å². The van der Waals surface area contributed by atoms with E-state index in [2.05, 4.69) is 19.1 Å². The van der Waals surface area contributed by atoms with Crippen molar-refractivity contribution in [1.82, 2.24) is 0 Å². The van der Waals surface area contributed by atoms with Crippen LogP contribution in [-0.2, 0) is 14.3 Å². The molecule has 39 heavy (non-hydrogen) atoms. The first-order chi connectivity index (χ1) is 19.1. The fourth-order valence-corrected chi connectivity index (χ4v) is 5.24. The van der Waals surface area contributed by atoms with Crippen LogP contribution in [0, 0.1) is 5.92 Å². The first kappa shape index (κ1) is 37.7. The topological polar surface area (TPSA) is 63.6 Å². The summed E-state index contributed by atoms with van der Waals surface area (Å²) in [5, 5.41) is 9.04. The van der Waals surface area contributed by atoms with E-state index in [1.165, 1.54) is 141 Å². The van der Waals surface area contributed by atoms with E-state index in [-0.39, 0.29) is 12.4 Å². The van der Waals surface area contributed by atoms with Crippen molar-refractivity contribution in [3.05, 3.63) is 12.2 Å². The third-order valence-corrected chi connectivity index (χ3v) is 7.77. The molecule has 4 heteroatoms. The third-order valence-electron chi connectivity index (χ3n) is 7.77. The van der Waals surface area contributed by atoms with Crippen LogP contribution in [0.5, 0.6) is 0 Å². The number of carboxylic acids is 1. The number of carbonyl (C=O) groups excluding carboxylic acids is 1. The normalized spacial score (nSPS) is 12.3. The Kier molecular flexibility index (Phi) is 30.2. The zero-order chi connectivity index (χ0) is 28.7. The second-order valence-corrected chi connectivity index (χ2v) is 11.7. The monoisotopic (exact) mass is 550 g/mol. The molecule has 0 bridgehead atoms. The molecular weight excluding hydrogens is 484 g/mol. The zero-order valence-electron chi connectivity index (χ0n) is 26.2. The third kappa shape index (κ3) is 29.5. The second kappa shape index (κ2) is 31.2. The molecule has 230 valence electrons. The molecule has 0 aromatic heterocycles. The number of ether oxygens (including phenoxy) is 1. The van der Waals surface area contributed by atoms with Crippen LogP contribution in [-0.4, -0.2) is 23.7 Å². The Balaban J connectivity index is 3.37. The summed E-state index contributed by atoms with van der Waals surface area (Å²) in [5.41, 5.74) is 0. The van der Waals surface area contributed by atoms with Crippen molar-refractivity contribution in [2.45, 2.75) is 187 Å². The molecule has 0 aromatic rings. The maximum Gasteiger partial charge on any atom is 0.309 e. The van der Waals surface area contributed by atoms with Gasteiger partial charge in [-0.25, -0.2) is 0 Å². The molecule has 1 unspecified atom stereocenters. The van der Waals surface area contributed by atoms with Gasteiger partial charge in [0, 0.05) is 0 Å². The summed E-state index contributed by atoms with van der Waals surface area (Å²) in [6.45, 7) is 4.61. The van der Waals surface area contributed by atoms with Crippen molar-refractivity contribution >= 4 is 11.9 Å². The van der Waals surface area contributed by atoms with E-state index in [9.17, 15) is 9.59 Å². The number of aliphatic carboxylic acids is 1. The summed E-state index contributed by atoms with van der Waals surface area (Å²) < 4.78 is 5.16. The number of allylic oxidation sites excluding steroid dienone is 2. The van der Waals surface area contributed by atoms with Crippen LogP contribution in [0.2, 0.25) is 0 Å². The molecule has 0 aromatic carbocycles. The number of esters is 1. The average Bonchev–Trinajstić information content (AvgIpc) is 2.92. The van der Waals surface area contributed by atoms with E-state index in [0.717, 1.165) is 19.3 Å². The molecule has 4 nitrogen and oxygen atoms in total. The second-order valence-electron chi connectivity index (χ2n) is 11.7. The van der Waals surface area contributed by atoms with Gasteiger partial charge in [0.2, 0.25) is 0 Å². The quantitative estimate of drug-likeness (QED) is 0.0529. The summed E-state index contributed by atoms with van der Waals surface area (Å²) in [5.74, 6) is -1.75. The molecule has 0 heterocycles. The lowest BCUT2D eigenvalue weighted by atomic mass is 9.97. The molecule has 0 amide bonds. The highest BCUT2D eigenvalue weighted by atomic mass is 16.5. The SMILES string of the molecule is CCCCCCCCCCCCCCCC/C=C/CCCCCCCCCCC(CC(=O)O)C(=O)OCCC. The van der Waals surface area contributed by atoms with Crippen molar-refractivity contribution in [2.75, 3.05) is 6.61 Å². The van der Waals surface area contributed by atoms with Gasteiger partial charge in [-0.3, -0.25) is 9.59 Å². The Morgan fingerprint density at radius 1 is 0.564 bits per heavy atom. The molecule has 0 fully saturated rings. The summed E-state index contributed by atoms with van der Waals surface area (Å²) in [4.78, 5) is 23.0. The smallest absolute Gasteiger partial charge is 0.309 e. The molecule has 0 saturated carbocycles. The van der Waals surface area contributed by atoms with E-state index in [1.807, 2.05) is 6.92 Å². The fraction of sp³-hybridized carbons (Fsp3) is 0.886. The molecule has 1 atom stereocenters. The minimum atomic E-state index is -0.918. The number of rotatable bonds is 31. The highest BCUT2D eigenvalue weighted by Gasteiger charge is 2.22. The van der Waals surface area contributed by atoms with Crippen LogP contribution in [0.1, 0.15) is 187 Å². The van der Waals surface area contributed by atoms with Gasteiger partial charge in [0.05, 0.1) is 18.9 Å². The maximum absolute atomic E-state index is 12.0. The maximum atomic E-state index is 12.0. The van der Waals surface area contributed by atoms with Crippen molar-refractivity contribution in [3.63, 3.8) is 0 Å². The Hall–Kier alpha value is -1.32. The first-order valence-electron chi connectivity index (χ1n) is 17.1. The predicted molar refractivity (Wildman–Crippen MR) is 167 cm³/mol. The Bertz CT molecular complexity index is 557. The summed E-state index contributed by atoms with van der Waals surface area (Å²) in [7, 11) is 0. The highest BCUT2D eigenvalue weighted by Crippen LogP contribution is 2.18.